The van der Waals surface area contributed by atoms with Crippen molar-refractivity contribution in [2.24, 2.45) is 5.92 Å². The molecule has 0 spiro atoms. The number of likely N-dealkylation sites (tertiary alicyclic amines) is 1. The summed E-state index contributed by atoms with van der Waals surface area (Å²) in [4.78, 5) is 44.5. The number of ether oxygens (including phenoxy) is 1. The molecule has 2 N–H and O–H groups in total. The van der Waals surface area contributed by atoms with E-state index in [0.717, 1.165) is 11.1 Å². The lowest BCUT2D eigenvalue weighted by atomic mass is 9.97. The van der Waals surface area contributed by atoms with Crippen molar-refractivity contribution < 1.29 is 19.1 Å². The number of fused-ring (bicyclic) bond motifs is 7. The maximum Gasteiger partial charge on any atom is 0.247 e. The SMILES string of the molecule is CC[C@@H](C)[C@@H]1NC(=O)[C@@H]2[C@H](CCN2C(=O)[C@H](Cc2ccccc2)N(C)C)Oc2ccc(cc2)/C=C\NC1=O. The summed E-state index contributed by atoms with van der Waals surface area (Å²) >= 11 is 0. The molecule has 3 amide bonds. The monoisotopic (exact) mass is 518 g/mol. The Hall–Kier alpha value is -3.65. The van der Waals surface area contributed by atoms with E-state index in [-0.39, 0.29) is 23.6 Å². The molecule has 202 valence electrons. The van der Waals surface area contributed by atoms with Crippen LogP contribution in [0.3, 0.4) is 0 Å². The largest absolute Gasteiger partial charge is 0.488 e. The van der Waals surface area contributed by atoms with Crippen LogP contribution in [-0.4, -0.2) is 72.4 Å². The average Bonchev–Trinajstić information content (AvgIpc) is 3.34. The molecule has 3 aliphatic heterocycles. The molecule has 3 aliphatic rings. The quantitative estimate of drug-likeness (QED) is 0.614. The van der Waals surface area contributed by atoms with Crippen molar-refractivity contribution in [3.8, 4) is 5.75 Å². The summed E-state index contributed by atoms with van der Waals surface area (Å²) < 4.78 is 6.30. The minimum absolute atomic E-state index is 0.101. The van der Waals surface area contributed by atoms with Crippen molar-refractivity contribution in [1.82, 2.24) is 20.4 Å². The summed E-state index contributed by atoms with van der Waals surface area (Å²) in [6.45, 7) is 4.30. The van der Waals surface area contributed by atoms with E-state index in [9.17, 15) is 14.4 Å². The highest BCUT2D eigenvalue weighted by atomic mass is 16.5. The first-order chi connectivity index (χ1) is 18.3. The first-order valence-corrected chi connectivity index (χ1v) is 13.3. The Labute approximate surface area is 225 Å². The Bertz CT molecular complexity index is 1150. The molecule has 0 aromatic heterocycles. The van der Waals surface area contributed by atoms with Gasteiger partial charge >= 0.3 is 0 Å². The minimum atomic E-state index is -0.863. The Morgan fingerprint density at radius 2 is 1.79 bits per heavy atom. The van der Waals surface area contributed by atoms with Gasteiger partial charge in [-0.15, -0.1) is 0 Å². The van der Waals surface area contributed by atoms with E-state index < -0.39 is 24.2 Å². The van der Waals surface area contributed by atoms with Crippen molar-refractivity contribution in [2.75, 3.05) is 20.6 Å². The molecule has 2 bridgehead atoms. The number of rotatable bonds is 6. The zero-order valence-electron chi connectivity index (χ0n) is 22.6. The van der Waals surface area contributed by atoms with Crippen LogP contribution in [0.5, 0.6) is 5.75 Å². The zero-order chi connectivity index (χ0) is 27.2. The Kier molecular flexibility index (Phi) is 8.84. The molecule has 0 unspecified atom stereocenters. The first-order valence-electron chi connectivity index (χ1n) is 13.3. The van der Waals surface area contributed by atoms with Crippen LogP contribution in [0.4, 0.5) is 0 Å². The van der Waals surface area contributed by atoms with Crippen LogP contribution < -0.4 is 15.4 Å². The fourth-order valence-corrected chi connectivity index (χ4v) is 5.05. The predicted molar refractivity (Wildman–Crippen MR) is 147 cm³/mol. The summed E-state index contributed by atoms with van der Waals surface area (Å²) in [6.07, 6.45) is 4.59. The third kappa shape index (κ3) is 6.25. The summed E-state index contributed by atoms with van der Waals surface area (Å²) in [7, 11) is 3.75. The third-order valence-electron chi connectivity index (χ3n) is 7.54. The number of nitrogens with zero attached hydrogens (tertiary/aromatic N) is 2. The maximum atomic E-state index is 14.0. The average molecular weight is 519 g/mol. The van der Waals surface area contributed by atoms with Gasteiger partial charge in [0.15, 0.2) is 0 Å². The molecule has 8 heteroatoms. The standard InChI is InChI=1S/C30H38N4O4/c1-5-20(2)26-28(35)31-17-15-21-11-13-23(14-12-21)38-25-16-18-34(27(25)29(36)32-26)30(37)24(33(3)4)19-22-9-7-6-8-10-22/h6-15,17,20,24-27H,5,16,18-19H2,1-4H3,(H,31,35)(H,32,36)/b17-15-/t20-,24+,25+,26+,27+/m1/s1. The van der Waals surface area contributed by atoms with Gasteiger partial charge in [-0.1, -0.05) is 62.7 Å². The summed E-state index contributed by atoms with van der Waals surface area (Å²) in [5, 5.41) is 5.78. The van der Waals surface area contributed by atoms with Crippen LogP contribution in [0.25, 0.3) is 6.08 Å². The summed E-state index contributed by atoms with van der Waals surface area (Å²) in [6, 6.07) is 15.3. The fraction of sp³-hybridized carbons (Fsp3) is 0.433. The lowest BCUT2D eigenvalue weighted by Gasteiger charge is -2.34. The van der Waals surface area contributed by atoms with Crippen LogP contribution in [0.15, 0.2) is 60.8 Å². The molecule has 2 aromatic rings. The number of likely N-dealkylation sites (N-methyl/N-ethyl adjacent to an activating group) is 1. The van der Waals surface area contributed by atoms with Gasteiger partial charge < -0.3 is 20.3 Å². The van der Waals surface area contributed by atoms with Gasteiger partial charge in [0.1, 0.15) is 23.9 Å². The smallest absolute Gasteiger partial charge is 0.247 e. The van der Waals surface area contributed by atoms with Crippen molar-refractivity contribution in [2.45, 2.75) is 57.3 Å². The van der Waals surface area contributed by atoms with E-state index in [1.54, 1.807) is 17.2 Å². The second kappa shape index (κ2) is 12.3. The minimum Gasteiger partial charge on any atom is -0.488 e. The van der Waals surface area contributed by atoms with Crippen LogP contribution >= 0.6 is 0 Å². The molecule has 5 rings (SSSR count). The van der Waals surface area contributed by atoms with Gasteiger partial charge in [-0.3, -0.25) is 19.3 Å². The Morgan fingerprint density at radius 1 is 1.08 bits per heavy atom. The number of carbonyl (C=O) groups is 3. The summed E-state index contributed by atoms with van der Waals surface area (Å²) in [5.41, 5.74) is 1.96. The molecular formula is C30H38N4O4. The lowest BCUT2D eigenvalue weighted by molar-refractivity contribution is -0.144. The third-order valence-corrected chi connectivity index (χ3v) is 7.54. The molecule has 3 heterocycles. The lowest BCUT2D eigenvalue weighted by Crippen LogP contribution is -2.59. The molecule has 5 atom stereocenters. The van der Waals surface area contributed by atoms with Gasteiger partial charge in [-0.05, 0) is 55.8 Å². The van der Waals surface area contributed by atoms with Crippen LogP contribution in [0, 0.1) is 5.92 Å². The van der Waals surface area contributed by atoms with Crippen LogP contribution in [-0.2, 0) is 20.8 Å². The van der Waals surface area contributed by atoms with E-state index in [2.05, 4.69) is 10.6 Å². The predicted octanol–water partition coefficient (Wildman–Crippen LogP) is 2.84. The van der Waals surface area contributed by atoms with Crippen molar-refractivity contribution in [1.29, 1.82) is 0 Å². The van der Waals surface area contributed by atoms with Gasteiger partial charge in [0, 0.05) is 19.2 Å². The number of nitrogens with one attached hydrogen (secondary N) is 2. The molecule has 38 heavy (non-hydrogen) atoms. The van der Waals surface area contributed by atoms with Crippen molar-refractivity contribution in [3.05, 3.63) is 71.9 Å². The molecule has 2 aromatic carbocycles. The number of amides is 3. The number of carbonyl (C=O) groups excluding carboxylic acids is 3. The first kappa shape index (κ1) is 27.4. The summed E-state index contributed by atoms with van der Waals surface area (Å²) in [5.74, 6) is -0.269. The molecule has 1 fully saturated rings. The molecule has 8 nitrogen and oxygen atoms in total. The van der Waals surface area contributed by atoms with E-state index in [1.807, 2.05) is 87.4 Å². The maximum absolute atomic E-state index is 14.0. The van der Waals surface area contributed by atoms with Gasteiger partial charge in [0.25, 0.3) is 0 Å². The number of hydrogen-bond acceptors (Lipinski definition) is 5. The van der Waals surface area contributed by atoms with Crippen LogP contribution in [0.2, 0.25) is 0 Å². The van der Waals surface area contributed by atoms with E-state index in [1.165, 1.54) is 0 Å². The van der Waals surface area contributed by atoms with Gasteiger partial charge in [0.2, 0.25) is 17.7 Å². The molecular weight excluding hydrogens is 480 g/mol. The van der Waals surface area contributed by atoms with Gasteiger partial charge in [-0.25, -0.2) is 0 Å². The second-order valence-corrected chi connectivity index (χ2v) is 10.4. The van der Waals surface area contributed by atoms with Gasteiger partial charge in [0.05, 0.1) is 6.04 Å². The van der Waals surface area contributed by atoms with Crippen molar-refractivity contribution >= 4 is 23.8 Å². The topological polar surface area (TPSA) is 91.0 Å². The second-order valence-electron chi connectivity index (χ2n) is 10.4. The highest BCUT2D eigenvalue weighted by molar-refractivity contribution is 5.94. The Morgan fingerprint density at radius 3 is 2.45 bits per heavy atom. The van der Waals surface area contributed by atoms with E-state index in [4.69, 9.17) is 4.74 Å². The highest BCUT2D eigenvalue weighted by Gasteiger charge is 2.46. The normalized spacial score (nSPS) is 24.0. The van der Waals surface area contributed by atoms with Crippen LogP contribution in [0.1, 0.15) is 37.8 Å². The molecule has 0 saturated carbocycles. The van der Waals surface area contributed by atoms with E-state index in [0.29, 0.717) is 31.6 Å². The van der Waals surface area contributed by atoms with E-state index >= 15 is 0 Å². The molecule has 0 radical (unpaired) electrons. The Balaban J connectivity index is 1.67. The highest BCUT2D eigenvalue weighted by Crippen LogP contribution is 2.27. The number of benzene rings is 2. The van der Waals surface area contributed by atoms with Gasteiger partial charge in [-0.2, -0.15) is 0 Å². The van der Waals surface area contributed by atoms with Crippen molar-refractivity contribution in [3.63, 3.8) is 0 Å². The fourth-order valence-electron chi connectivity index (χ4n) is 5.05. The molecule has 1 saturated heterocycles. The number of hydrogen-bond donors (Lipinski definition) is 2. The zero-order valence-corrected chi connectivity index (χ0v) is 22.6. The molecule has 0 aliphatic carbocycles.